The van der Waals surface area contributed by atoms with Gasteiger partial charge in [0.2, 0.25) is 0 Å². The summed E-state index contributed by atoms with van der Waals surface area (Å²) in [6.45, 7) is 7.74. The Balaban J connectivity index is 2.27. The molecule has 0 radical (unpaired) electrons. The van der Waals surface area contributed by atoms with Crippen molar-refractivity contribution in [2.45, 2.75) is 39.6 Å². The lowest BCUT2D eigenvalue weighted by Crippen LogP contribution is -2.46. The standard InChI is InChI=1S/C12H23N3O3/c1-8-9(2)11(18-12(16)10(8)3)7-17-6-4-5-14-15-13/h8-12,16H,4-7H2,1-3H3/t8-,9+,10?,11?,12?/m0/s1. The minimum absolute atomic E-state index is 0.0642. The van der Waals surface area contributed by atoms with E-state index in [1.807, 2.05) is 6.92 Å². The van der Waals surface area contributed by atoms with Gasteiger partial charge in [-0.15, -0.1) is 0 Å². The van der Waals surface area contributed by atoms with Crippen LogP contribution in [0.3, 0.4) is 0 Å². The lowest BCUT2D eigenvalue weighted by molar-refractivity contribution is -0.235. The largest absolute Gasteiger partial charge is 0.379 e. The molecule has 0 saturated carbocycles. The summed E-state index contributed by atoms with van der Waals surface area (Å²) in [4.78, 5) is 2.68. The Morgan fingerprint density at radius 3 is 2.67 bits per heavy atom. The molecule has 1 heterocycles. The summed E-state index contributed by atoms with van der Waals surface area (Å²) >= 11 is 0. The first-order chi connectivity index (χ1) is 8.57. The molecule has 0 aromatic heterocycles. The summed E-state index contributed by atoms with van der Waals surface area (Å²) in [5.41, 5.74) is 8.11. The predicted molar refractivity (Wildman–Crippen MR) is 67.8 cm³/mol. The van der Waals surface area contributed by atoms with Gasteiger partial charge in [0.25, 0.3) is 0 Å². The second-order valence-corrected chi connectivity index (χ2v) is 5.03. The van der Waals surface area contributed by atoms with E-state index in [2.05, 4.69) is 23.9 Å². The summed E-state index contributed by atoms with van der Waals surface area (Å²) in [5.74, 6) is 0.923. The van der Waals surface area contributed by atoms with E-state index in [4.69, 9.17) is 15.0 Å². The molecule has 1 saturated heterocycles. The third-order valence-electron chi connectivity index (χ3n) is 3.90. The first-order valence-corrected chi connectivity index (χ1v) is 6.50. The second kappa shape index (κ2) is 7.59. The number of azide groups is 1. The van der Waals surface area contributed by atoms with Crippen LogP contribution in [0.1, 0.15) is 27.2 Å². The molecule has 18 heavy (non-hydrogen) atoms. The molecule has 1 aliphatic heterocycles. The molecule has 0 aromatic carbocycles. The van der Waals surface area contributed by atoms with Gasteiger partial charge in [-0.25, -0.2) is 0 Å². The van der Waals surface area contributed by atoms with Crippen LogP contribution in [0.25, 0.3) is 10.4 Å². The van der Waals surface area contributed by atoms with E-state index in [1.165, 1.54) is 0 Å². The van der Waals surface area contributed by atoms with Gasteiger partial charge in [-0.1, -0.05) is 25.9 Å². The zero-order valence-corrected chi connectivity index (χ0v) is 11.3. The van der Waals surface area contributed by atoms with E-state index < -0.39 is 6.29 Å². The number of hydrogen-bond donors (Lipinski definition) is 1. The van der Waals surface area contributed by atoms with Gasteiger partial charge in [0.1, 0.15) is 0 Å². The highest BCUT2D eigenvalue weighted by Gasteiger charge is 2.38. The number of aliphatic hydroxyl groups is 1. The molecular formula is C12H23N3O3. The Labute approximate surface area is 108 Å². The third kappa shape index (κ3) is 4.14. The third-order valence-corrected chi connectivity index (χ3v) is 3.90. The summed E-state index contributed by atoms with van der Waals surface area (Å²) in [7, 11) is 0. The Kier molecular flexibility index (Phi) is 6.43. The van der Waals surface area contributed by atoms with Crippen LogP contribution in [0.2, 0.25) is 0 Å². The lowest BCUT2D eigenvalue weighted by Gasteiger charge is -2.41. The highest BCUT2D eigenvalue weighted by Crippen LogP contribution is 2.33. The predicted octanol–water partition coefficient (Wildman–Crippen LogP) is 2.33. The molecule has 1 rings (SSSR count). The normalized spacial score (nSPS) is 36.1. The summed E-state index contributed by atoms with van der Waals surface area (Å²) in [6, 6.07) is 0. The van der Waals surface area contributed by atoms with Gasteiger partial charge in [-0.2, -0.15) is 0 Å². The van der Waals surface area contributed by atoms with Crippen molar-refractivity contribution in [2.75, 3.05) is 19.8 Å². The van der Waals surface area contributed by atoms with Crippen LogP contribution >= 0.6 is 0 Å². The maximum absolute atomic E-state index is 9.78. The van der Waals surface area contributed by atoms with Crippen molar-refractivity contribution in [1.82, 2.24) is 0 Å². The number of nitrogens with zero attached hydrogens (tertiary/aromatic N) is 3. The van der Waals surface area contributed by atoms with Crippen molar-refractivity contribution in [1.29, 1.82) is 0 Å². The van der Waals surface area contributed by atoms with Crippen molar-refractivity contribution in [2.24, 2.45) is 22.9 Å². The Morgan fingerprint density at radius 2 is 2.00 bits per heavy atom. The smallest absolute Gasteiger partial charge is 0.157 e. The molecule has 0 amide bonds. The van der Waals surface area contributed by atoms with Crippen LogP contribution < -0.4 is 0 Å². The molecule has 0 aliphatic carbocycles. The molecule has 1 fully saturated rings. The molecule has 0 spiro atoms. The van der Waals surface area contributed by atoms with Gasteiger partial charge in [0, 0.05) is 24.0 Å². The molecule has 6 nitrogen and oxygen atoms in total. The zero-order valence-electron chi connectivity index (χ0n) is 11.3. The Hall–Kier alpha value is -0.810. The average molecular weight is 257 g/mol. The number of aliphatic hydroxyl groups excluding tert-OH is 1. The van der Waals surface area contributed by atoms with Crippen molar-refractivity contribution in [3.63, 3.8) is 0 Å². The highest BCUT2D eigenvalue weighted by atomic mass is 16.6. The van der Waals surface area contributed by atoms with Crippen LogP contribution in [0.15, 0.2) is 5.11 Å². The van der Waals surface area contributed by atoms with E-state index in [1.54, 1.807) is 0 Å². The Morgan fingerprint density at radius 1 is 1.28 bits per heavy atom. The fraction of sp³-hybridized carbons (Fsp3) is 1.00. The van der Waals surface area contributed by atoms with Crippen LogP contribution in [0.5, 0.6) is 0 Å². The molecule has 6 heteroatoms. The highest BCUT2D eigenvalue weighted by molar-refractivity contribution is 4.81. The molecule has 3 unspecified atom stereocenters. The lowest BCUT2D eigenvalue weighted by atomic mass is 9.79. The number of ether oxygens (including phenoxy) is 2. The SMILES string of the molecule is CC1C(O)OC(COCCCN=[N+]=[N-])[C@H](C)[C@@H]1C. The zero-order chi connectivity index (χ0) is 13.5. The van der Waals surface area contributed by atoms with Gasteiger partial charge < -0.3 is 14.6 Å². The maximum atomic E-state index is 9.78. The molecule has 1 N–H and O–H groups in total. The summed E-state index contributed by atoms with van der Waals surface area (Å²) in [5, 5.41) is 13.2. The van der Waals surface area contributed by atoms with E-state index >= 15 is 0 Å². The van der Waals surface area contributed by atoms with Crippen molar-refractivity contribution in [3.05, 3.63) is 10.4 Å². The topological polar surface area (TPSA) is 87.5 Å². The van der Waals surface area contributed by atoms with E-state index in [0.717, 1.165) is 0 Å². The van der Waals surface area contributed by atoms with E-state index in [-0.39, 0.29) is 12.0 Å². The molecule has 1 aliphatic rings. The van der Waals surface area contributed by atoms with Crippen molar-refractivity contribution >= 4 is 0 Å². The first-order valence-electron chi connectivity index (χ1n) is 6.50. The minimum atomic E-state index is -0.701. The van der Waals surface area contributed by atoms with Crippen LogP contribution in [-0.4, -0.2) is 37.3 Å². The van der Waals surface area contributed by atoms with Crippen molar-refractivity contribution in [3.8, 4) is 0 Å². The monoisotopic (exact) mass is 257 g/mol. The average Bonchev–Trinajstić information content (AvgIpc) is 2.37. The quantitative estimate of drug-likeness (QED) is 0.343. The fourth-order valence-corrected chi connectivity index (χ4v) is 2.18. The first kappa shape index (κ1) is 15.2. The number of hydrogen-bond acceptors (Lipinski definition) is 4. The van der Waals surface area contributed by atoms with Gasteiger partial charge in [-0.05, 0) is 23.8 Å². The summed E-state index contributed by atoms with van der Waals surface area (Å²) < 4.78 is 11.1. The maximum Gasteiger partial charge on any atom is 0.157 e. The fourth-order valence-electron chi connectivity index (χ4n) is 2.18. The second-order valence-electron chi connectivity index (χ2n) is 5.03. The van der Waals surface area contributed by atoms with Crippen molar-refractivity contribution < 1.29 is 14.6 Å². The molecule has 5 atom stereocenters. The van der Waals surface area contributed by atoms with Crippen LogP contribution in [0.4, 0.5) is 0 Å². The van der Waals surface area contributed by atoms with Crippen LogP contribution in [0, 0.1) is 17.8 Å². The Bertz CT molecular complexity index is 294. The van der Waals surface area contributed by atoms with Crippen LogP contribution in [-0.2, 0) is 9.47 Å². The number of rotatable bonds is 6. The molecule has 0 bridgehead atoms. The van der Waals surface area contributed by atoms with E-state index in [9.17, 15) is 5.11 Å². The molecular weight excluding hydrogens is 234 g/mol. The molecule has 0 aromatic rings. The van der Waals surface area contributed by atoms with Gasteiger partial charge in [0.05, 0.1) is 12.7 Å². The summed E-state index contributed by atoms with van der Waals surface area (Å²) in [6.07, 6.45) is -0.0571. The van der Waals surface area contributed by atoms with Gasteiger partial charge in [0.15, 0.2) is 6.29 Å². The van der Waals surface area contributed by atoms with E-state index in [0.29, 0.717) is 38.0 Å². The molecule has 104 valence electrons. The van der Waals surface area contributed by atoms with Gasteiger partial charge in [-0.3, -0.25) is 0 Å². The van der Waals surface area contributed by atoms with Gasteiger partial charge >= 0.3 is 0 Å². The minimum Gasteiger partial charge on any atom is -0.379 e.